The number of halogens is 2. The van der Waals surface area contributed by atoms with Crippen molar-refractivity contribution in [1.29, 1.82) is 0 Å². The lowest BCUT2D eigenvalue weighted by Gasteiger charge is -2.15. The van der Waals surface area contributed by atoms with Gasteiger partial charge in [0, 0.05) is 77.5 Å². The Balaban J connectivity index is 0.000000210. The number of hydrogen-bond donors (Lipinski definition) is 5. The maximum Gasteiger partial charge on any atom is 0.328 e. The molecule has 6 rings (SSSR count). The number of benzene rings is 4. The molecule has 6 aromatic rings. The Morgan fingerprint density at radius 3 is 1.63 bits per heavy atom. The number of carbonyl (C=O) groups excluding carboxylic acids is 1. The maximum absolute atomic E-state index is 12.2. The second-order valence-electron chi connectivity index (χ2n) is 12.8. The van der Waals surface area contributed by atoms with E-state index in [4.69, 9.17) is 34.0 Å². The normalized spacial score (nSPS) is 11.7. The van der Waals surface area contributed by atoms with Gasteiger partial charge in [0.1, 0.15) is 0 Å². The fourth-order valence-corrected chi connectivity index (χ4v) is 5.57. The molecule has 0 aliphatic carbocycles. The summed E-state index contributed by atoms with van der Waals surface area (Å²) in [6.07, 6.45) is 13.1. The summed E-state index contributed by atoms with van der Waals surface area (Å²) in [6.45, 7) is 5.42. The molecule has 0 unspecified atom stereocenters. The summed E-state index contributed by atoms with van der Waals surface area (Å²) in [4.78, 5) is 30.6. The van der Waals surface area contributed by atoms with Crippen LogP contribution in [0.5, 0.6) is 0 Å². The summed E-state index contributed by atoms with van der Waals surface area (Å²) in [5.41, 5.74) is 14.0. The first-order chi connectivity index (χ1) is 27.5. The molecule has 292 valence electrons. The Hall–Kier alpha value is -6.26. The highest BCUT2D eigenvalue weighted by molar-refractivity contribution is 6.31. The van der Waals surface area contributed by atoms with E-state index in [0.29, 0.717) is 16.6 Å². The van der Waals surface area contributed by atoms with E-state index in [1.807, 2.05) is 105 Å². The van der Waals surface area contributed by atoms with E-state index in [1.54, 1.807) is 48.8 Å². The van der Waals surface area contributed by atoms with E-state index in [2.05, 4.69) is 38.1 Å². The Morgan fingerprint density at radius 2 is 1.16 bits per heavy atom. The zero-order chi connectivity index (χ0) is 40.8. The third kappa shape index (κ3) is 17.0. The van der Waals surface area contributed by atoms with Gasteiger partial charge in [0.05, 0.1) is 6.04 Å². The number of carbonyl (C=O) groups is 2. The number of pyridine rings is 2. The summed E-state index contributed by atoms with van der Waals surface area (Å²) in [5.74, 6) is -1.11. The molecule has 6 N–H and O–H groups in total. The van der Waals surface area contributed by atoms with Gasteiger partial charge in [-0.15, -0.1) is 0 Å². The van der Waals surface area contributed by atoms with Crippen LogP contribution in [0.2, 0.25) is 10.0 Å². The number of hydrogen-bond acceptors (Lipinski definition) is 7. The van der Waals surface area contributed by atoms with E-state index in [1.165, 1.54) is 17.7 Å². The highest BCUT2D eigenvalue weighted by Crippen LogP contribution is 2.19. The number of nitrogens with two attached hydrogens (primary N) is 1. The molecule has 0 aliphatic rings. The van der Waals surface area contributed by atoms with Crippen molar-refractivity contribution in [3.05, 3.63) is 202 Å². The minimum absolute atomic E-state index is 0.0649. The molecular formula is C46H46Cl2N6O3. The quantitative estimate of drug-likeness (QED) is 0.0727. The predicted molar refractivity (Wildman–Crippen MR) is 234 cm³/mol. The molecule has 0 radical (unpaired) electrons. The lowest BCUT2D eigenvalue weighted by atomic mass is 10.1. The van der Waals surface area contributed by atoms with Gasteiger partial charge in [-0.2, -0.15) is 0 Å². The van der Waals surface area contributed by atoms with Crippen molar-refractivity contribution < 1.29 is 14.7 Å². The largest absolute Gasteiger partial charge is 0.478 e. The van der Waals surface area contributed by atoms with Crippen LogP contribution in [0.1, 0.15) is 59.3 Å². The van der Waals surface area contributed by atoms with E-state index >= 15 is 0 Å². The van der Waals surface area contributed by atoms with Crippen molar-refractivity contribution in [2.75, 3.05) is 10.6 Å². The lowest BCUT2D eigenvalue weighted by Crippen LogP contribution is -2.24. The highest BCUT2D eigenvalue weighted by atomic mass is 35.5. The summed E-state index contributed by atoms with van der Waals surface area (Å²) in [7, 11) is 0. The van der Waals surface area contributed by atoms with Crippen molar-refractivity contribution in [1.82, 2.24) is 15.3 Å². The number of nitrogens with zero attached hydrogens (tertiary/aromatic N) is 2. The van der Waals surface area contributed by atoms with Crippen LogP contribution >= 0.6 is 23.2 Å². The summed E-state index contributed by atoms with van der Waals surface area (Å²) in [5, 5.41) is 19.3. The molecule has 11 heteroatoms. The maximum atomic E-state index is 12.2. The number of carboxylic acid groups (broad SMARTS) is 1. The molecule has 57 heavy (non-hydrogen) atoms. The van der Waals surface area contributed by atoms with Crippen molar-refractivity contribution in [2.45, 2.75) is 39.0 Å². The summed E-state index contributed by atoms with van der Waals surface area (Å²) >= 11 is 11.6. The van der Waals surface area contributed by atoms with Crippen molar-refractivity contribution >= 4 is 58.6 Å². The number of amides is 1. The molecule has 2 heterocycles. The van der Waals surface area contributed by atoms with Crippen LogP contribution < -0.4 is 21.7 Å². The molecule has 9 nitrogen and oxygen atoms in total. The number of anilines is 2. The van der Waals surface area contributed by atoms with Gasteiger partial charge >= 0.3 is 5.97 Å². The van der Waals surface area contributed by atoms with Gasteiger partial charge in [0.25, 0.3) is 0 Å². The lowest BCUT2D eigenvalue weighted by molar-refractivity contribution is -0.131. The zero-order valence-corrected chi connectivity index (χ0v) is 33.2. The number of aromatic nitrogens is 2. The first-order valence-corrected chi connectivity index (χ1v) is 18.9. The van der Waals surface area contributed by atoms with Crippen LogP contribution in [0.3, 0.4) is 0 Å². The van der Waals surface area contributed by atoms with Gasteiger partial charge in [-0.1, -0.05) is 83.9 Å². The van der Waals surface area contributed by atoms with Crippen LogP contribution in [0.4, 0.5) is 11.4 Å². The second kappa shape index (κ2) is 23.6. The topological polar surface area (TPSA) is 142 Å². The molecule has 0 saturated carbocycles. The fourth-order valence-electron chi connectivity index (χ4n) is 5.17. The highest BCUT2D eigenvalue weighted by Gasteiger charge is 2.08. The van der Waals surface area contributed by atoms with Crippen LogP contribution in [-0.4, -0.2) is 27.0 Å². The predicted octanol–water partition coefficient (Wildman–Crippen LogP) is 10.4. The Morgan fingerprint density at radius 1 is 0.667 bits per heavy atom. The number of carboxylic acids is 1. The van der Waals surface area contributed by atoms with Gasteiger partial charge < -0.3 is 26.8 Å². The fraction of sp³-hybridized carbons (Fsp3) is 0.130. The minimum atomic E-state index is -0.963. The number of rotatable bonds is 13. The minimum Gasteiger partial charge on any atom is -0.478 e. The first kappa shape index (κ1) is 43.5. The van der Waals surface area contributed by atoms with Crippen molar-refractivity contribution in [2.24, 2.45) is 5.73 Å². The smallest absolute Gasteiger partial charge is 0.328 e. The molecule has 2 aromatic heterocycles. The van der Waals surface area contributed by atoms with Crippen molar-refractivity contribution in [3.8, 4) is 0 Å². The molecule has 0 bridgehead atoms. The Bertz CT molecular complexity index is 2220. The Labute approximate surface area is 344 Å². The van der Waals surface area contributed by atoms with E-state index in [0.717, 1.165) is 51.8 Å². The second-order valence-corrected chi connectivity index (χ2v) is 13.7. The van der Waals surface area contributed by atoms with Crippen LogP contribution in [0.15, 0.2) is 158 Å². The van der Waals surface area contributed by atoms with Gasteiger partial charge in [-0.05, 0) is 120 Å². The molecule has 0 fully saturated rings. The van der Waals surface area contributed by atoms with Crippen molar-refractivity contribution in [3.63, 3.8) is 0 Å². The SMILES string of the molecule is C[C@H](N)c1cccc(NCc2cccnc2)c1.C[C@H](NC(=O)/C=C/c1cccc(Cl)c1)c1cccc(NCc2cccnc2)c1.O=C(O)/C=C/c1cccc(Cl)c1. The molecular weight excluding hydrogens is 755 g/mol. The third-order valence-electron chi connectivity index (χ3n) is 8.14. The van der Waals surface area contributed by atoms with Crippen LogP contribution in [0, 0.1) is 0 Å². The third-order valence-corrected chi connectivity index (χ3v) is 8.61. The average Bonchev–Trinajstić information content (AvgIpc) is 3.22. The van der Waals surface area contributed by atoms with E-state index < -0.39 is 5.97 Å². The molecule has 4 aromatic carbocycles. The van der Waals surface area contributed by atoms with Crippen LogP contribution in [0.25, 0.3) is 12.2 Å². The first-order valence-electron chi connectivity index (χ1n) is 18.2. The molecule has 1 amide bonds. The van der Waals surface area contributed by atoms with Gasteiger partial charge in [0.15, 0.2) is 0 Å². The zero-order valence-electron chi connectivity index (χ0n) is 31.7. The monoisotopic (exact) mass is 800 g/mol. The number of aliphatic carboxylic acids is 1. The van der Waals surface area contributed by atoms with E-state index in [9.17, 15) is 9.59 Å². The van der Waals surface area contributed by atoms with Gasteiger partial charge in [0.2, 0.25) is 5.91 Å². The average molecular weight is 802 g/mol. The number of nitrogens with one attached hydrogen (secondary N) is 3. The standard InChI is InChI=1S/C23H22ClN3O.C14H17N3.C9H7ClO2/c1-17(27-23(28)11-10-18-5-2-8-21(24)13-18)20-7-3-9-22(14-20)26-16-19-6-4-12-25-15-19;1-11(15)13-5-2-6-14(8-13)17-10-12-4-3-7-16-9-12;10-8-3-1-2-7(6-8)4-5-9(11)12/h2-15,17,26H,16H2,1H3,(H,27,28);2-9,11,17H,10,15H2,1H3;1-6H,(H,11,12)/b11-10+;;5-4+/t17-;11-;/m00./s1. The van der Waals surface area contributed by atoms with Crippen LogP contribution in [-0.2, 0) is 22.7 Å². The Kier molecular flexibility index (Phi) is 18.0. The van der Waals surface area contributed by atoms with Gasteiger partial charge in [-0.25, -0.2) is 4.79 Å². The summed E-state index contributed by atoms with van der Waals surface area (Å²) in [6, 6.07) is 38.5. The van der Waals surface area contributed by atoms with E-state index in [-0.39, 0.29) is 18.0 Å². The molecule has 0 saturated heterocycles. The molecule has 0 spiro atoms. The summed E-state index contributed by atoms with van der Waals surface area (Å²) < 4.78 is 0. The molecule has 2 atom stereocenters. The van der Waals surface area contributed by atoms with Gasteiger partial charge in [-0.3, -0.25) is 14.8 Å². The molecule has 0 aliphatic heterocycles.